The van der Waals surface area contributed by atoms with Crippen molar-refractivity contribution >= 4 is 12.3 Å². The first-order valence-corrected chi connectivity index (χ1v) is 6.37. The molecule has 0 saturated carbocycles. The van der Waals surface area contributed by atoms with E-state index in [2.05, 4.69) is 0 Å². The van der Waals surface area contributed by atoms with Gasteiger partial charge in [-0.2, -0.15) is 0 Å². The summed E-state index contributed by atoms with van der Waals surface area (Å²) in [6, 6.07) is 16.0. The number of esters is 1. The number of hydrogen-bond donors (Lipinski definition) is 0. The van der Waals surface area contributed by atoms with Crippen molar-refractivity contribution in [2.45, 2.75) is 19.4 Å². The lowest BCUT2D eigenvalue weighted by atomic mass is 9.96. The molecule has 2 aromatic rings. The molecule has 0 aliphatic carbocycles. The lowest BCUT2D eigenvalue weighted by Gasteiger charge is -2.24. The molecular formula is C17H16O3. The van der Waals surface area contributed by atoms with Gasteiger partial charge in [-0.1, -0.05) is 48.0 Å². The van der Waals surface area contributed by atoms with Crippen LogP contribution in [0.5, 0.6) is 0 Å². The first-order chi connectivity index (χ1) is 9.55. The number of hydrogen-bond acceptors (Lipinski definition) is 3. The van der Waals surface area contributed by atoms with Crippen LogP contribution >= 0.6 is 0 Å². The number of rotatable bonds is 4. The minimum Gasteiger partial charge on any atom is -0.443 e. The quantitative estimate of drug-likeness (QED) is 0.631. The van der Waals surface area contributed by atoms with Gasteiger partial charge in [0.25, 0.3) is 0 Å². The topological polar surface area (TPSA) is 43.4 Å². The molecule has 0 heterocycles. The second-order valence-electron chi connectivity index (χ2n) is 4.85. The lowest BCUT2D eigenvalue weighted by Crippen LogP contribution is -2.31. The van der Waals surface area contributed by atoms with Gasteiger partial charge in [-0.3, -0.25) is 4.79 Å². The molecule has 0 N–H and O–H groups in total. The summed E-state index contributed by atoms with van der Waals surface area (Å²) in [5.74, 6) is -0.512. The third-order valence-electron chi connectivity index (χ3n) is 3.13. The summed E-state index contributed by atoms with van der Waals surface area (Å²) < 4.78 is 5.41. The fraction of sp³-hybridized carbons (Fsp3) is 0.176. The monoisotopic (exact) mass is 268 g/mol. The van der Waals surface area contributed by atoms with Crippen LogP contribution in [0.25, 0.3) is 0 Å². The smallest absolute Gasteiger partial charge is 0.339 e. The Morgan fingerprint density at radius 2 is 1.80 bits per heavy atom. The maximum Gasteiger partial charge on any atom is 0.339 e. The maximum atomic E-state index is 12.1. The van der Waals surface area contributed by atoms with E-state index in [4.69, 9.17) is 4.74 Å². The zero-order valence-corrected chi connectivity index (χ0v) is 11.5. The van der Waals surface area contributed by atoms with E-state index < -0.39 is 11.6 Å². The molecule has 0 fully saturated rings. The Morgan fingerprint density at radius 1 is 1.10 bits per heavy atom. The van der Waals surface area contributed by atoms with Gasteiger partial charge >= 0.3 is 5.97 Å². The average Bonchev–Trinajstić information content (AvgIpc) is 2.48. The number of aryl methyl sites for hydroxylation is 1. The number of carbonyl (C=O) groups is 2. The number of aldehydes is 1. The molecule has 0 aliphatic heterocycles. The molecule has 0 unspecified atom stereocenters. The van der Waals surface area contributed by atoms with E-state index in [0.717, 1.165) is 5.56 Å². The van der Waals surface area contributed by atoms with Crippen molar-refractivity contribution in [3.8, 4) is 0 Å². The van der Waals surface area contributed by atoms with Gasteiger partial charge in [0.1, 0.15) is 0 Å². The molecule has 0 amide bonds. The van der Waals surface area contributed by atoms with Crippen molar-refractivity contribution in [3.05, 3.63) is 71.3 Å². The molecule has 102 valence electrons. The van der Waals surface area contributed by atoms with Crippen LogP contribution < -0.4 is 0 Å². The van der Waals surface area contributed by atoms with Crippen LogP contribution in [0.1, 0.15) is 28.4 Å². The Bertz CT molecular complexity index is 619. The highest BCUT2D eigenvalue weighted by atomic mass is 16.6. The minimum atomic E-state index is -1.28. The third-order valence-corrected chi connectivity index (χ3v) is 3.13. The molecule has 2 aromatic carbocycles. The van der Waals surface area contributed by atoms with Gasteiger partial charge in [0.15, 0.2) is 11.9 Å². The van der Waals surface area contributed by atoms with Gasteiger partial charge in [0, 0.05) is 5.56 Å². The molecule has 0 radical (unpaired) electrons. The van der Waals surface area contributed by atoms with Crippen molar-refractivity contribution < 1.29 is 14.3 Å². The fourth-order valence-corrected chi connectivity index (χ4v) is 1.93. The third kappa shape index (κ3) is 2.94. The lowest BCUT2D eigenvalue weighted by molar-refractivity contribution is -0.124. The Hall–Kier alpha value is -2.42. The molecule has 0 aromatic heterocycles. The number of ether oxygens (including phenoxy) is 1. The van der Waals surface area contributed by atoms with Gasteiger partial charge in [-0.05, 0) is 26.0 Å². The van der Waals surface area contributed by atoms with Crippen LogP contribution in [0.4, 0.5) is 0 Å². The average molecular weight is 268 g/mol. The maximum absolute atomic E-state index is 12.1. The van der Waals surface area contributed by atoms with E-state index in [0.29, 0.717) is 17.4 Å². The highest BCUT2D eigenvalue weighted by Crippen LogP contribution is 2.25. The summed E-state index contributed by atoms with van der Waals surface area (Å²) in [7, 11) is 0. The first kappa shape index (κ1) is 14.0. The second-order valence-corrected chi connectivity index (χ2v) is 4.85. The van der Waals surface area contributed by atoms with Crippen LogP contribution in [-0.2, 0) is 15.1 Å². The fourth-order valence-electron chi connectivity index (χ4n) is 1.93. The Morgan fingerprint density at radius 3 is 2.40 bits per heavy atom. The van der Waals surface area contributed by atoms with Crippen molar-refractivity contribution in [3.63, 3.8) is 0 Å². The van der Waals surface area contributed by atoms with E-state index in [-0.39, 0.29) is 0 Å². The summed E-state index contributed by atoms with van der Waals surface area (Å²) in [5.41, 5.74) is 0.815. The van der Waals surface area contributed by atoms with E-state index in [1.54, 1.807) is 37.3 Å². The van der Waals surface area contributed by atoms with E-state index >= 15 is 0 Å². The first-order valence-electron chi connectivity index (χ1n) is 6.37. The molecule has 2 rings (SSSR count). The predicted molar refractivity (Wildman–Crippen MR) is 76.5 cm³/mol. The van der Waals surface area contributed by atoms with Gasteiger partial charge in [-0.25, -0.2) is 4.79 Å². The highest BCUT2D eigenvalue weighted by Gasteiger charge is 2.31. The van der Waals surface area contributed by atoms with Crippen LogP contribution in [0.2, 0.25) is 0 Å². The largest absolute Gasteiger partial charge is 0.443 e. The molecule has 3 heteroatoms. The molecule has 0 saturated heterocycles. The molecule has 0 bridgehead atoms. The standard InChI is InChI=1S/C17H16O3/c1-13-7-6-10-15(11-13)17(2,12-18)20-16(19)14-8-4-3-5-9-14/h3-12H,1-2H3/t17-/m0/s1. The van der Waals surface area contributed by atoms with Crippen molar-refractivity contribution in [2.24, 2.45) is 0 Å². The predicted octanol–water partition coefficient (Wildman–Crippen LogP) is 3.27. The second kappa shape index (κ2) is 5.70. The van der Waals surface area contributed by atoms with Crippen LogP contribution in [0.15, 0.2) is 54.6 Å². The Balaban J connectivity index is 2.28. The van der Waals surface area contributed by atoms with E-state index in [1.165, 1.54) is 0 Å². The highest BCUT2D eigenvalue weighted by molar-refractivity contribution is 5.91. The summed E-state index contributed by atoms with van der Waals surface area (Å²) in [4.78, 5) is 23.5. The van der Waals surface area contributed by atoms with Gasteiger partial charge < -0.3 is 4.74 Å². The summed E-state index contributed by atoms with van der Waals surface area (Å²) in [5, 5.41) is 0. The zero-order valence-electron chi connectivity index (χ0n) is 11.5. The van der Waals surface area contributed by atoms with Crippen LogP contribution in [-0.4, -0.2) is 12.3 Å². The summed E-state index contributed by atoms with van der Waals surface area (Å²) in [6.07, 6.45) is 0.655. The SMILES string of the molecule is Cc1cccc([C@](C)(C=O)OC(=O)c2ccccc2)c1. The molecule has 20 heavy (non-hydrogen) atoms. The molecule has 1 atom stereocenters. The number of carbonyl (C=O) groups excluding carboxylic acids is 2. The van der Waals surface area contributed by atoms with Gasteiger partial charge in [-0.15, -0.1) is 0 Å². The van der Waals surface area contributed by atoms with Crippen LogP contribution in [0.3, 0.4) is 0 Å². The summed E-state index contributed by atoms with van der Waals surface area (Å²) >= 11 is 0. The van der Waals surface area contributed by atoms with Gasteiger partial charge in [0.05, 0.1) is 5.56 Å². The minimum absolute atomic E-state index is 0.424. The normalized spacial score (nSPS) is 13.3. The molecule has 3 nitrogen and oxygen atoms in total. The van der Waals surface area contributed by atoms with Crippen molar-refractivity contribution in [1.29, 1.82) is 0 Å². The zero-order chi connectivity index (χ0) is 14.6. The Labute approximate surface area is 118 Å². The Kier molecular flexibility index (Phi) is 3.99. The van der Waals surface area contributed by atoms with E-state index in [9.17, 15) is 9.59 Å². The molecular weight excluding hydrogens is 252 g/mol. The number of benzene rings is 2. The molecule has 0 spiro atoms. The van der Waals surface area contributed by atoms with Gasteiger partial charge in [0.2, 0.25) is 0 Å². The van der Waals surface area contributed by atoms with Crippen LogP contribution in [0, 0.1) is 6.92 Å². The summed E-state index contributed by atoms with van der Waals surface area (Å²) in [6.45, 7) is 3.52. The van der Waals surface area contributed by atoms with E-state index in [1.807, 2.05) is 31.2 Å². The molecule has 0 aliphatic rings. The van der Waals surface area contributed by atoms with Crippen molar-refractivity contribution in [2.75, 3.05) is 0 Å². The van der Waals surface area contributed by atoms with Crippen molar-refractivity contribution in [1.82, 2.24) is 0 Å².